The lowest BCUT2D eigenvalue weighted by atomic mass is 10.2. The molecule has 0 fully saturated rings. The fraction of sp³-hybridized carbons (Fsp3) is 0.200. The molecular formula is C10H8F2OS. The first-order valence-electron chi connectivity index (χ1n) is 4.08. The van der Waals surface area contributed by atoms with E-state index in [1.807, 2.05) is 0 Å². The van der Waals surface area contributed by atoms with Crippen LogP contribution in [0.3, 0.4) is 0 Å². The number of aromatic hydroxyl groups is 1. The van der Waals surface area contributed by atoms with Crippen LogP contribution in [0.4, 0.5) is 8.78 Å². The van der Waals surface area contributed by atoms with Crippen LogP contribution in [0.2, 0.25) is 0 Å². The minimum atomic E-state index is -2.84. The van der Waals surface area contributed by atoms with E-state index >= 15 is 0 Å². The third-order valence-electron chi connectivity index (χ3n) is 1.97. The number of phenols is 1. The first-order chi connectivity index (χ1) is 6.48. The molecule has 1 aromatic heterocycles. The molecule has 2 aromatic rings. The highest BCUT2D eigenvalue weighted by Crippen LogP contribution is 2.39. The van der Waals surface area contributed by atoms with Gasteiger partial charge in [0, 0.05) is 17.0 Å². The maximum Gasteiger partial charge on any atom is 0.279 e. The number of fused-ring (bicyclic) bond motifs is 1. The van der Waals surface area contributed by atoms with Crippen molar-refractivity contribution in [3.05, 3.63) is 29.1 Å². The van der Waals surface area contributed by atoms with Gasteiger partial charge in [0.05, 0.1) is 4.88 Å². The average molecular weight is 214 g/mol. The Bertz CT molecular complexity index is 470. The molecule has 1 N–H and O–H groups in total. The van der Waals surface area contributed by atoms with Gasteiger partial charge in [-0.1, -0.05) is 6.07 Å². The number of halogens is 2. The minimum absolute atomic E-state index is 0.0194. The molecule has 14 heavy (non-hydrogen) atoms. The smallest absolute Gasteiger partial charge is 0.279 e. The van der Waals surface area contributed by atoms with E-state index in [4.69, 9.17) is 0 Å². The number of thiophene rings is 1. The van der Waals surface area contributed by atoms with E-state index in [1.165, 1.54) is 12.1 Å². The molecule has 0 spiro atoms. The van der Waals surface area contributed by atoms with E-state index < -0.39 is 5.92 Å². The summed E-state index contributed by atoms with van der Waals surface area (Å²) in [6.45, 7) is 0.856. The average Bonchev–Trinajstić information content (AvgIpc) is 2.48. The van der Waals surface area contributed by atoms with Gasteiger partial charge in [-0.05, 0) is 18.2 Å². The number of benzene rings is 1. The largest absolute Gasteiger partial charge is 0.507 e. The summed E-state index contributed by atoms with van der Waals surface area (Å²) in [6.07, 6.45) is 0. The Morgan fingerprint density at radius 2 is 2.07 bits per heavy atom. The van der Waals surface area contributed by atoms with Crippen LogP contribution >= 0.6 is 11.3 Å². The summed E-state index contributed by atoms with van der Waals surface area (Å²) in [5, 5.41) is 9.91. The lowest BCUT2D eigenvalue weighted by molar-refractivity contribution is 0.0216. The third-order valence-corrected chi connectivity index (χ3v) is 3.24. The fourth-order valence-corrected chi connectivity index (χ4v) is 2.27. The molecule has 0 aliphatic heterocycles. The van der Waals surface area contributed by atoms with E-state index in [0.29, 0.717) is 10.1 Å². The van der Waals surface area contributed by atoms with Gasteiger partial charge in [-0.3, -0.25) is 0 Å². The van der Waals surface area contributed by atoms with Crippen LogP contribution in [0, 0.1) is 0 Å². The molecule has 0 atom stereocenters. The molecule has 0 bridgehead atoms. The van der Waals surface area contributed by atoms with Crippen LogP contribution in [-0.4, -0.2) is 5.11 Å². The molecule has 1 nitrogen and oxygen atoms in total. The summed E-state index contributed by atoms with van der Waals surface area (Å²) in [4.78, 5) is -0.0194. The first-order valence-corrected chi connectivity index (χ1v) is 4.90. The van der Waals surface area contributed by atoms with Gasteiger partial charge in [-0.2, -0.15) is 0 Å². The maximum absolute atomic E-state index is 13.0. The summed E-state index contributed by atoms with van der Waals surface area (Å²) in [6, 6.07) is 6.20. The number of rotatable bonds is 1. The third kappa shape index (κ3) is 1.46. The fourth-order valence-electron chi connectivity index (χ4n) is 1.26. The number of phenolic OH excluding ortho intramolecular Hbond substituents is 1. The van der Waals surface area contributed by atoms with Gasteiger partial charge in [-0.25, -0.2) is 8.78 Å². The Balaban J connectivity index is 2.69. The van der Waals surface area contributed by atoms with E-state index in [0.717, 1.165) is 18.3 Å². The Hall–Kier alpha value is -1.16. The highest BCUT2D eigenvalue weighted by atomic mass is 32.1. The first kappa shape index (κ1) is 9.40. The molecule has 0 aliphatic carbocycles. The van der Waals surface area contributed by atoms with Crippen LogP contribution < -0.4 is 0 Å². The van der Waals surface area contributed by atoms with Crippen molar-refractivity contribution >= 4 is 21.4 Å². The lowest BCUT2D eigenvalue weighted by Crippen LogP contribution is -2.02. The standard InChI is InChI=1S/C10H8F2OS/c1-10(11,12)9-5-6-7(13)3-2-4-8(6)14-9/h2-5,13H,1H3. The Morgan fingerprint density at radius 3 is 2.64 bits per heavy atom. The van der Waals surface area contributed by atoms with Crippen LogP contribution in [0.15, 0.2) is 24.3 Å². The SMILES string of the molecule is CC(F)(F)c1cc2c(O)cccc2s1. The minimum Gasteiger partial charge on any atom is -0.507 e. The van der Waals surface area contributed by atoms with Gasteiger partial charge in [0.1, 0.15) is 5.75 Å². The molecule has 0 saturated heterocycles. The number of alkyl halides is 2. The van der Waals surface area contributed by atoms with Crippen molar-refractivity contribution in [3.8, 4) is 5.75 Å². The number of hydrogen-bond donors (Lipinski definition) is 1. The summed E-state index contributed by atoms with van der Waals surface area (Å²) < 4.78 is 26.6. The van der Waals surface area contributed by atoms with Gasteiger partial charge in [0.25, 0.3) is 5.92 Å². The monoisotopic (exact) mass is 214 g/mol. The zero-order valence-corrected chi connectivity index (χ0v) is 8.24. The summed E-state index contributed by atoms with van der Waals surface area (Å²) in [5.41, 5.74) is 0. The molecule has 0 aliphatic rings. The summed E-state index contributed by atoms with van der Waals surface area (Å²) in [5.74, 6) is -2.79. The van der Waals surface area contributed by atoms with Crippen molar-refractivity contribution in [2.75, 3.05) is 0 Å². The second-order valence-electron chi connectivity index (χ2n) is 3.19. The van der Waals surface area contributed by atoms with Crippen LogP contribution in [0.5, 0.6) is 5.75 Å². The van der Waals surface area contributed by atoms with Gasteiger partial charge < -0.3 is 5.11 Å². The normalized spacial score (nSPS) is 12.2. The topological polar surface area (TPSA) is 20.2 Å². The van der Waals surface area contributed by atoms with Gasteiger partial charge >= 0.3 is 0 Å². The van der Waals surface area contributed by atoms with Crippen LogP contribution in [-0.2, 0) is 5.92 Å². The molecule has 0 radical (unpaired) electrons. The molecule has 1 aromatic carbocycles. The predicted molar refractivity (Wildman–Crippen MR) is 53.1 cm³/mol. The van der Waals surface area contributed by atoms with Gasteiger partial charge in [0.2, 0.25) is 0 Å². The van der Waals surface area contributed by atoms with E-state index in [-0.39, 0.29) is 10.6 Å². The zero-order valence-electron chi connectivity index (χ0n) is 7.42. The van der Waals surface area contributed by atoms with Gasteiger partial charge in [-0.15, -0.1) is 11.3 Å². The molecule has 74 valence electrons. The van der Waals surface area contributed by atoms with E-state index in [9.17, 15) is 13.9 Å². The molecule has 0 unspecified atom stereocenters. The van der Waals surface area contributed by atoms with Crippen LogP contribution in [0.25, 0.3) is 10.1 Å². The second kappa shape index (κ2) is 2.92. The Labute approximate surface area is 83.6 Å². The van der Waals surface area contributed by atoms with Crippen molar-refractivity contribution in [2.45, 2.75) is 12.8 Å². The van der Waals surface area contributed by atoms with Crippen molar-refractivity contribution in [2.24, 2.45) is 0 Å². The molecule has 0 saturated carbocycles. The summed E-state index contributed by atoms with van der Waals surface area (Å²) >= 11 is 1.01. The van der Waals surface area contributed by atoms with Gasteiger partial charge in [0.15, 0.2) is 0 Å². The zero-order chi connectivity index (χ0) is 10.3. The van der Waals surface area contributed by atoms with Crippen molar-refractivity contribution in [1.29, 1.82) is 0 Å². The Kier molecular flexibility index (Phi) is 1.96. The maximum atomic E-state index is 13.0. The van der Waals surface area contributed by atoms with Crippen molar-refractivity contribution < 1.29 is 13.9 Å². The van der Waals surface area contributed by atoms with E-state index in [2.05, 4.69) is 0 Å². The highest BCUT2D eigenvalue weighted by molar-refractivity contribution is 7.19. The number of hydrogen-bond acceptors (Lipinski definition) is 2. The predicted octanol–water partition coefficient (Wildman–Crippen LogP) is 3.72. The molecular weight excluding hydrogens is 206 g/mol. The summed E-state index contributed by atoms with van der Waals surface area (Å²) in [7, 11) is 0. The van der Waals surface area contributed by atoms with Crippen molar-refractivity contribution in [3.63, 3.8) is 0 Å². The molecule has 1 heterocycles. The highest BCUT2D eigenvalue weighted by Gasteiger charge is 2.27. The Morgan fingerprint density at radius 1 is 1.36 bits per heavy atom. The molecule has 0 amide bonds. The van der Waals surface area contributed by atoms with E-state index in [1.54, 1.807) is 12.1 Å². The lowest BCUT2D eigenvalue weighted by Gasteiger charge is -2.04. The van der Waals surface area contributed by atoms with Crippen molar-refractivity contribution in [1.82, 2.24) is 0 Å². The quantitative estimate of drug-likeness (QED) is 0.767. The second-order valence-corrected chi connectivity index (χ2v) is 4.27. The molecule has 4 heteroatoms. The van der Waals surface area contributed by atoms with Crippen LogP contribution in [0.1, 0.15) is 11.8 Å². The molecule has 2 rings (SSSR count).